The van der Waals surface area contributed by atoms with Gasteiger partial charge in [-0.3, -0.25) is 4.21 Å². The van der Waals surface area contributed by atoms with Gasteiger partial charge in [0, 0.05) is 5.75 Å². The van der Waals surface area contributed by atoms with Crippen molar-refractivity contribution >= 4 is 10.8 Å². The Kier molecular flexibility index (Phi) is 6.14. The summed E-state index contributed by atoms with van der Waals surface area (Å²) in [4.78, 5) is 0. The maximum absolute atomic E-state index is 11.8. The summed E-state index contributed by atoms with van der Waals surface area (Å²) >= 11 is 0. The summed E-state index contributed by atoms with van der Waals surface area (Å²) in [5, 5.41) is 0. The minimum atomic E-state index is -0.947. The minimum absolute atomic E-state index is 0. The zero-order valence-corrected chi connectivity index (χ0v) is 10.7. The van der Waals surface area contributed by atoms with Crippen molar-refractivity contribution < 1.29 is 23.1 Å². The van der Waals surface area contributed by atoms with E-state index in [1.54, 1.807) is 5.75 Å². The summed E-state index contributed by atoms with van der Waals surface area (Å²) in [5.41, 5.74) is 2.12. The average molecular weight is 236 g/mol. The van der Waals surface area contributed by atoms with Crippen LogP contribution in [0.1, 0.15) is 11.1 Å². The van der Waals surface area contributed by atoms with Crippen molar-refractivity contribution in [3.8, 4) is 0 Å². The van der Waals surface area contributed by atoms with E-state index in [9.17, 15) is 4.21 Å². The Hall–Kier alpha value is -0.943. The second-order valence-corrected chi connectivity index (χ2v) is 4.83. The van der Waals surface area contributed by atoms with Gasteiger partial charge in [0.1, 0.15) is 0 Å². The molecule has 1 nitrogen and oxygen atoms in total. The molecule has 1 atom stereocenters. The van der Waals surface area contributed by atoms with Crippen LogP contribution in [0.3, 0.4) is 0 Å². The number of hydrogen-bond acceptors (Lipinski definition) is 1. The van der Waals surface area contributed by atoms with Crippen molar-refractivity contribution in [1.29, 1.82) is 0 Å². The van der Waals surface area contributed by atoms with Gasteiger partial charge < -0.3 is 0 Å². The molecule has 0 aliphatic rings. The van der Waals surface area contributed by atoms with Crippen LogP contribution in [0.2, 0.25) is 0 Å². The minimum Gasteiger partial charge on any atom is -0.268 e. The van der Waals surface area contributed by atoms with Gasteiger partial charge in [-0.05, 0) is 16.4 Å². The third kappa shape index (κ3) is 4.83. The number of hydrogen-bond donors (Lipinski definition) is 0. The molecule has 82 valence electrons. The standard InChI is InChI=1S/C14H13OS.Li/c15-16(11-13-7-3-1-4-8-13)12-14-9-5-2-6-10-14;/h1-11H,12H2;/q-1;+1. The normalized spacial score (nSPS) is 11.3. The van der Waals surface area contributed by atoms with Crippen LogP contribution in [0.5, 0.6) is 0 Å². The predicted octanol–water partition coefficient (Wildman–Crippen LogP) is 0.149. The molecule has 1 unspecified atom stereocenters. The van der Waals surface area contributed by atoms with Gasteiger partial charge in [0.2, 0.25) is 0 Å². The van der Waals surface area contributed by atoms with Gasteiger partial charge in [-0.1, -0.05) is 42.2 Å². The van der Waals surface area contributed by atoms with E-state index in [0.29, 0.717) is 5.75 Å². The van der Waals surface area contributed by atoms with E-state index >= 15 is 0 Å². The first-order valence-corrected chi connectivity index (χ1v) is 6.54. The van der Waals surface area contributed by atoms with Gasteiger partial charge >= 0.3 is 18.9 Å². The number of benzene rings is 2. The molecule has 0 amide bonds. The van der Waals surface area contributed by atoms with E-state index in [0.717, 1.165) is 11.1 Å². The van der Waals surface area contributed by atoms with E-state index in [1.165, 1.54) is 0 Å². The van der Waals surface area contributed by atoms with Crippen molar-refractivity contribution in [3.63, 3.8) is 0 Å². The van der Waals surface area contributed by atoms with Gasteiger partial charge in [0.15, 0.2) is 0 Å². The summed E-state index contributed by atoms with van der Waals surface area (Å²) in [6.07, 6.45) is 0. The van der Waals surface area contributed by atoms with E-state index < -0.39 is 10.8 Å². The molecule has 0 bridgehead atoms. The molecular formula is C14H13LiOS. The van der Waals surface area contributed by atoms with E-state index in [1.807, 2.05) is 60.7 Å². The second kappa shape index (κ2) is 7.40. The Morgan fingerprint density at radius 3 is 2.00 bits per heavy atom. The van der Waals surface area contributed by atoms with Crippen molar-refractivity contribution in [2.24, 2.45) is 0 Å². The molecule has 17 heavy (non-hydrogen) atoms. The Balaban J connectivity index is 0.00000144. The zero-order valence-electron chi connectivity index (χ0n) is 9.87. The molecule has 2 rings (SSSR count). The summed E-state index contributed by atoms with van der Waals surface area (Å²) < 4.78 is 11.8. The van der Waals surface area contributed by atoms with Crippen LogP contribution in [0.15, 0.2) is 60.7 Å². The van der Waals surface area contributed by atoms with Crippen molar-refractivity contribution in [2.45, 2.75) is 5.75 Å². The van der Waals surface area contributed by atoms with E-state index in [2.05, 4.69) is 0 Å². The maximum atomic E-state index is 11.8. The molecule has 0 fully saturated rings. The monoisotopic (exact) mass is 236 g/mol. The van der Waals surface area contributed by atoms with Crippen molar-refractivity contribution in [1.82, 2.24) is 0 Å². The third-order valence-corrected chi connectivity index (χ3v) is 3.37. The van der Waals surface area contributed by atoms with Crippen molar-refractivity contribution in [3.05, 3.63) is 77.5 Å². The average Bonchev–Trinajstić information content (AvgIpc) is 2.31. The van der Waals surface area contributed by atoms with Crippen LogP contribution in [-0.2, 0) is 16.6 Å². The fourth-order valence-corrected chi connectivity index (χ4v) is 2.53. The molecule has 2 aromatic carbocycles. The molecule has 0 aromatic heterocycles. The summed E-state index contributed by atoms with van der Waals surface area (Å²) in [6.45, 7) is 0. The van der Waals surface area contributed by atoms with Gasteiger partial charge in [0.25, 0.3) is 0 Å². The maximum Gasteiger partial charge on any atom is 1.00 e. The Labute approximate surface area is 117 Å². The second-order valence-electron chi connectivity index (χ2n) is 3.54. The fourth-order valence-electron chi connectivity index (χ4n) is 1.46. The molecule has 0 saturated heterocycles. The first kappa shape index (κ1) is 14.1. The molecular weight excluding hydrogens is 223 g/mol. The fraction of sp³-hybridized carbons (Fsp3) is 0.0714. The molecule has 0 N–H and O–H groups in total. The summed E-state index contributed by atoms with van der Waals surface area (Å²) in [7, 11) is -0.947. The number of rotatable bonds is 4. The molecule has 0 aliphatic heterocycles. The Morgan fingerprint density at radius 1 is 0.882 bits per heavy atom. The first-order valence-electron chi connectivity index (χ1n) is 5.15. The van der Waals surface area contributed by atoms with E-state index in [4.69, 9.17) is 0 Å². The first-order chi connectivity index (χ1) is 7.84. The molecule has 0 radical (unpaired) electrons. The van der Waals surface area contributed by atoms with Gasteiger partial charge in [0.05, 0.1) is 0 Å². The zero-order chi connectivity index (χ0) is 11.2. The van der Waals surface area contributed by atoms with Crippen LogP contribution in [-0.4, -0.2) is 4.21 Å². The quantitative estimate of drug-likeness (QED) is 0.545. The molecule has 2 aromatic rings. The van der Waals surface area contributed by atoms with Crippen molar-refractivity contribution in [2.75, 3.05) is 0 Å². The third-order valence-electron chi connectivity index (χ3n) is 2.22. The largest absolute Gasteiger partial charge is 1.00 e. The van der Waals surface area contributed by atoms with Crippen LogP contribution < -0.4 is 18.9 Å². The van der Waals surface area contributed by atoms with Crippen LogP contribution >= 0.6 is 0 Å². The molecule has 3 heteroatoms. The van der Waals surface area contributed by atoms with Crippen LogP contribution in [0, 0.1) is 5.75 Å². The van der Waals surface area contributed by atoms with Gasteiger partial charge in [-0.25, -0.2) is 0 Å². The molecule has 0 saturated carbocycles. The predicted molar refractivity (Wildman–Crippen MR) is 68.1 cm³/mol. The van der Waals surface area contributed by atoms with Gasteiger partial charge in [-0.2, -0.15) is 17.7 Å². The molecule has 0 spiro atoms. The molecule has 0 aliphatic carbocycles. The smallest absolute Gasteiger partial charge is 0.268 e. The van der Waals surface area contributed by atoms with Crippen LogP contribution in [0.4, 0.5) is 0 Å². The SMILES string of the molecule is O=S([CH-]c1ccccc1)Cc1ccccc1.[Li+]. The molecule has 0 heterocycles. The van der Waals surface area contributed by atoms with E-state index in [-0.39, 0.29) is 18.9 Å². The Morgan fingerprint density at radius 2 is 1.41 bits per heavy atom. The van der Waals surface area contributed by atoms with Crippen LogP contribution in [0.25, 0.3) is 0 Å². The Bertz CT molecular complexity index is 413. The summed E-state index contributed by atoms with van der Waals surface area (Å²) in [6, 6.07) is 19.7. The van der Waals surface area contributed by atoms with Gasteiger partial charge in [-0.15, -0.1) is 12.1 Å². The topological polar surface area (TPSA) is 17.1 Å². The summed E-state index contributed by atoms with van der Waals surface area (Å²) in [5.74, 6) is 2.38.